The Bertz CT molecular complexity index is 433. The summed E-state index contributed by atoms with van der Waals surface area (Å²) in [6, 6.07) is 10.9. The van der Waals surface area contributed by atoms with Gasteiger partial charge in [-0.3, -0.25) is 0 Å². The van der Waals surface area contributed by atoms with Gasteiger partial charge in [0.25, 0.3) is 0 Å². The van der Waals surface area contributed by atoms with E-state index in [1.54, 1.807) is 11.3 Å². The molecule has 0 bridgehead atoms. The third-order valence-corrected chi connectivity index (χ3v) is 3.52. The molecule has 0 fully saturated rings. The second-order valence-corrected chi connectivity index (χ2v) is 4.74. The summed E-state index contributed by atoms with van der Waals surface area (Å²) in [5.41, 5.74) is 9.71. The van der Waals surface area contributed by atoms with E-state index in [0.717, 1.165) is 6.42 Å². The van der Waals surface area contributed by atoms with Crippen LogP contribution >= 0.6 is 23.7 Å². The molecule has 0 spiro atoms. The fraction of sp³-hybridized carbons (Fsp3) is 0.231. The van der Waals surface area contributed by atoms with Gasteiger partial charge < -0.3 is 5.73 Å². The second kappa shape index (κ2) is 6.04. The number of hydrogen-bond acceptors (Lipinski definition) is 2. The lowest BCUT2D eigenvalue weighted by Gasteiger charge is -2.02. The summed E-state index contributed by atoms with van der Waals surface area (Å²) in [6.45, 7) is 2.76. The van der Waals surface area contributed by atoms with Gasteiger partial charge in [0, 0.05) is 11.4 Å². The molecule has 0 radical (unpaired) electrons. The highest BCUT2D eigenvalue weighted by Gasteiger charge is 2.03. The van der Waals surface area contributed by atoms with E-state index >= 15 is 0 Å². The Labute approximate surface area is 107 Å². The van der Waals surface area contributed by atoms with Gasteiger partial charge in [-0.15, -0.1) is 23.7 Å². The van der Waals surface area contributed by atoms with E-state index in [1.807, 2.05) is 0 Å². The van der Waals surface area contributed by atoms with Crippen LogP contribution in [-0.4, -0.2) is 0 Å². The van der Waals surface area contributed by atoms with Gasteiger partial charge in [-0.1, -0.05) is 29.8 Å². The first-order valence-electron chi connectivity index (χ1n) is 5.10. The Kier molecular flexibility index (Phi) is 5.00. The van der Waals surface area contributed by atoms with E-state index in [0.29, 0.717) is 6.54 Å². The average molecular weight is 254 g/mol. The van der Waals surface area contributed by atoms with Crippen molar-refractivity contribution in [2.24, 2.45) is 5.73 Å². The standard InChI is InChI=1S/C13H15NS.ClH/c1-10-2-4-11(5-3-10)8-12-6-7-15-13(12)9-14;/h2-7H,8-9,14H2,1H3;1H. The minimum Gasteiger partial charge on any atom is -0.326 e. The number of thiophene rings is 1. The molecular formula is C13H16ClNS. The molecule has 0 aliphatic rings. The zero-order chi connectivity index (χ0) is 10.7. The number of benzene rings is 1. The molecule has 0 aliphatic heterocycles. The summed E-state index contributed by atoms with van der Waals surface area (Å²) < 4.78 is 0. The van der Waals surface area contributed by atoms with Gasteiger partial charge in [0.1, 0.15) is 0 Å². The van der Waals surface area contributed by atoms with Gasteiger partial charge >= 0.3 is 0 Å². The second-order valence-electron chi connectivity index (χ2n) is 3.74. The van der Waals surface area contributed by atoms with Crippen molar-refractivity contribution in [3.05, 3.63) is 57.3 Å². The van der Waals surface area contributed by atoms with Crippen molar-refractivity contribution < 1.29 is 0 Å². The van der Waals surface area contributed by atoms with Crippen LogP contribution in [0.2, 0.25) is 0 Å². The van der Waals surface area contributed by atoms with E-state index in [-0.39, 0.29) is 12.4 Å². The van der Waals surface area contributed by atoms with Crippen LogP contribution in [0.1, 0.15) is 21.6 Å². The monoisotopic (exact) mass is 253 g/mol. The SMILES string of the molecule is Cc1ccc(Cc2ccsc2CN)cc1.Cl. The van der Waals surface area contributed by atoms with E-state index in [4.69, 9.17) is 5.73 Å². The summed E-state index contributed by atoms with van der Waals surface area (Å²) in [6.07, 6.45) is 0.996. The third kappa shape index (κ3) is 3.08. The van der Waals surface area contributed by atoms with Crippen LogP contribution in [0.3, 0.4) is 0 Å². The quantitative estimate of drug-likeness (QED) is 0.890. The average Bonchev–Trinajstić information content (AvgIpc) is 2.69. The Morgan fingerprint density at radius 3 is 2.44 bits per heavy atom. The molecule has 86 valence electrons. The smallest absolute Gasteiger partial charge is 0.0276 e. The molecule has 0 unspecified atom stereocenters. The van der Waals surface area contributed by atoms with Gasteiger partial charge in [-0.2, -0.15) is 0 Å². The Balaban J connectivity index is 0.00000128. The van der Waals surface area contributed by atoms with Crippen molar-refractivity contribution >= 4 is 23.7 Å². The Morgan fingerprint density at radius 2 is 1.81 bits per heavy atom. The lowest BCUT2D eigenvalue weighted by atomic mass is 10.0. The molecule has 16 heavy (non-hydrogen) atoms. The van der Waals surface area contributed by atoms with Crippen LogP contribution < -0.4 is 5.73 Å². The van der Waals surface area contributed by atoms with Gasteiger partial charge in [0.15, 0.2) is 0 Å². The van der Waals surface area contributed by atoms with Crippen LogP contribution in [0.25, 0.3) is 0 Å². The van der Waals surface area contributed by atoms with Crippen molar-refractivity contribution in [2.45, 2.75) is 19.9 Å². The molecule has 1 aromatic heterocycles. The summed E-state index contributed by atoms with van der Waals surface area (Å²) in [4.78, 5) is 1.30. The van der Waals surface area contributed by atoms with E-state index < -0.39 is 0 Å². The molecule has 0 amide bonds. The van der Waals surface area contributed by atoms with Crippen LogP contribution in [-0.2, 0) is 13.0 Å². The maximum absolute atomic E-state index is 5.68. The molecule has 2 N–H and O–H groups in total. The first kappa shape index (κ1) is 13.2. The predicted octanol–water partition coefficient (Wildman–Crippen LogP) is 3.53. The van der Waals surface area contributed by atoms with Gasteiger partial charge in [0.05, 0.1) is 0 Å². The highest BCUT2D eigenvalue weighted by Crippen LogP contribution is 2.19. The fourth-order valence-corrected chi connectivity index (χ4v) is 2.41. The molecule has 1 aromatic carbocycles. The molecule has 2 rings (SSSR count). The summed E-state index contributed by atoms with van der Waals surface area (Å²) in [5.74, 6) is 0. The minimum atomic E-state index is 0. The molecule has 1 nitrogen and oxygen atoms in total. The van der Waals surface area contributed by atoms with E-state index in [1.165, 1.54) is 21.6 Å². The summed E-state index contributed by atoms with van der Waals surface area (Å²) in [7, 11) is 0. The highest BCUT2D eigenvalue weighted by molar-refractivity contribution is 7.10. The zero-order valence-electron chi connectivity index (χ0n) is 9.27. The first-order valence-corrected chi connectivity index (χ1v) is 5.98. The fourth-order valence-electron chi connectivity index (χ4n) is 1.63. The van der Waals surface area contributed by atoms with Crippen molar-refractivity contribution in [1.82, 2.24) is 0 Å². The first-order chi connectivity index (χ1) is 7.29. The van der Waals surface area contributed by atoms with Gasteiger partial charge in [0.2, 0.25) is 0 Å². The van der Waals surface area contributed by atoms with Crippen LogP contribution in [0.5, 0.6) is 0 Å². The lowest BCUT2D eigenvalue weighted by molar-refractivity contribution is 1.06. The molecule has 0 saturated heterocycles. The largest absolute Gasteiger partial charge is 0.326 e. The maximum Gasteiger partial charge on any atom is 0.0276 e. The predicted molar refractivity (Wildman–Crippen MR) is 73.4 cm³/mol. The molecule has 0 saturated carbocycles. The summed E-state index contributed by atoms with van der Waals surface area (Å²) in [5, 5.41) is 2.12. The van der Waals surface area contributed by atoms with Crippen LogP contribution in [0.4, 0.5) is 0 Å². The number of halogens is 1. The Morgan fingerprint density at radius 1 is 1.12 bits per heavy atom. The van der Waals surface area contributed by atoms with Gasteiger partial charge in [-0.25, -0.2) is 0 Å². The van der Waals surface area contributed by atoms with Gasteiger partial charge in [-0.05, 0) is 35.9 Å². The van der Waals surface area contributed by atoms with Crippen molar-refractivity contribution in [1.29, 1.82) is 0 Å². The molecule has 0 atom stereocenters. The minimum absolute atomic E-state index is 0. The Hall–Kier alpha value is -0.830. The number of hydrogen-bond donors (Lipinski definition) is 1. The molecule has 1 heterocycles. The van der Waals surface area contributed by atoms with E-state index in [9.17, 15) is 0 Å². The topological polar surface area (TPSA) is 26.0 Å². The summed E-state index contributed by atoms with van der Waals surface area (Å²) >= 11 is 1.75. The van der Waals surface area contributed by atoms with Crippen molar-refractivity contribution in [3.8, 4) is 0 Å². The van der Waals surface area contributed by atoms with E-state index in [2.05, 4.69) is 42.6 Å². The molecular weight excluding hydrogens is 238 g/mol. The van der Waals surface area contributed by atoms with Crippen LogP contribution in [0.15, 0.2) is 35.7 Å². The van der Waals surface area contributed by atoms with Crippen molar-refractivity contribution in [2.75, 3.05) is 0 Å². The third-order valence-electron chi connectivity index (χ3n) is 2.54. The number of aryl methyl sites for hydroxylation is 1. The number of nitrogens with two attached hydrogens (primary N) is 1. The normalized spacial score (nSPS) is 9.88. The molecule has 0 aliphatic carbocycles. The zero-order valence-corrected chi connectivity index (χ0v) is 10.9. The van der Waals surface area contributed by atoms with Crippen molar-refractivity contribution in [3.63, 3.8) is 0 Å². The molecule has 3 heteroatoms. The molecule has 2 aromatic rings. The number of rotatable bonds is 3. The maximum atomic E-state index is 5.68. The lowest BCUT2D eigenvalue weighted by Crippen LogP contribution is -1.97. The van der Waals surface area contributed by atoms with Crippen LogP contribution in [0, 0.1) is 6.92 Å². The highest BCUT2D eigenvalue weighted by atomic mass is 35.5.